The van der Waals surface area contributed by atoms with E-state index >= 15 is 0 Å². The molecule has 0 aliphatic carbocycles. The lowest BCUT2D eigenvalue weighted by molar-refractivity contribution is -0.126. The summed E-state index contributed by atoms with van der Waals surface area (Å²) in [7, 11) is 0. The lowest BCUT2D eigenvalue weighted by Gasteiger charge is -2.11. The SMILES string of the molecule is O=C(CNC(=O)Cc1ccccc1F)NCC1CCCO1. The van der Waals surface area contributed by atoms with Gasteiger partial charge >= 0.3 is 0 Å². The van der Waals surface area contributed by atoms with E-state index in [9.17, 15) is 14.0 Å². The second-order valence-electron chi connectivity index (χ2n) is 4.98. The minimum absolute atomic E-state index is 0.0723. The van der Waals surface area contributed by atoms with Crippen molar-refractivity contribution in [3.63, 3.8) is 0 Å². The highest BCUT2D eigenvalue weighted by molar-refractivity contribution is 5.85. The third-order valence-electron chi connectivity index (χ3n) is 3.31. The third kappa shape index (κ3) is 5.15. The zero-order valence-electron chi connectivity index (χ0n) is 11.7. The quantitative estimate of drug-likeness (QED) is 0.815. The molecule has 1 aromatic rings. The Kier molecular flexibility index (Phi) is 5.68. The smallest absolute Gasteiger partial charge is 0.239 e. The van der Waals surface area contributed by atoms with Gasteiger partial charge in [-0.25, -0.2) is 4.39 Å². The number of carbonyl (C=O) groups is 2. The molecule has 0 radical (unpaired) electrons. The first-order valence-electron chi connectivity index (χ1n) is 7.03. The average molecular weight is 294 g/mol. The minimum atomic E-state index is -0.421. The zero-order valence-corrected chi connectivity index (χ0v) is 11.7. The number of benzene rings is 1. The van der Waals surface area contributed by atoms with E-state index in [-0.39, 0.29) is 30.9 Å². The number of nitrogens with one attached hydrogen (secondary N) is 2. The molecule has 2 rings (SSSR count). The Morgan fingerprint density at radius 1 is 1.24 bits per heavy atom. The van der Waals surface area contributed by atoms with Crippen molar-refractivity contribution in [3.05, 3.63) is 35.6 Å². The van der Waals surface area contributed by atoms with E-state index < -0.39 is 5.82 Å². The van der Waals surface area contributed by atoms with Crippen molar-refractivity contribution in [2.45, 2.75) is 25.4 Å². The van der Waals surface area contributed by atoms with E-state index in [1.807, 2.05) is 0 Å². The van der Waals surface area contributed by atoms with Gasteiger partial charge in [0.05, 0.1) is 19.1 Å². The molecule has 1 heterocycles. The van der Waals surface area contributed by atoms with Gasteiger partial charge in [-0.2, -0.15) is 0 Å². The second-order valence-corrected chi connectivity index (χ2v) is 4.98. The molecule has 1 unspecified atom stereocenters. The fraction of sp³-hybridized carbons (Fsp3) is 0.467. The highest BCUT2D eigenvalue weighted by atomic mass is 19.1. The van der Waals surface area contributed by atoms with Gasteiger partial charge in [-0.1, -0.05) is 18.2 Å². The molecule has 2 amide bonds. The summed E-state index contributed by atoms with van der Waals surface area (Å²) in [4.78, 5) is 23.2. The van der Waals surface area contributed by atoms with Crippen LogP contribution in [0.1, 0.15) is 18.4 Å². The van der Waals surface area contributed by atoms with E-state index in [1.165, 1.54) is 6.07 Å². The maximum Gasteiger partial charge on any atom is 0.239 e. The van der Waals surface area contributed by atoms with E-state index in [1.54, 1.807) is 18.2 Å². The van der Waals surface area contributed by atoms with E-state index in [0.717, 1.165) is 19.4 Å². The van der Waals surface area contributed by atoms with Gasteiger partial charge in [-0.3, -0.25) is 9.59 Å². The number of rotatable bonds is 6. The van der Waals surface area contributed by atoms with Crippen LogP contribution < -0.4 is 10.6 Å². The predicted octanol–water partition coefficient (Wildman–Crippen LogP) is 0.780. The van der Waals surface area contributed by atoms with Gasteiger partial charge in [0.25, 0.3) is 0 Å². The first-order valence-corrected chi connectivity index (χ1v) is 7.03. The molecule has 1 atom stereocenters. The van der Waals surface area contributed by atoms with Crippen LogP contribution in [0.3, 0.4) is 0 Å². The summed E-state index contributed by atoms with van der Waals surface area (Å²) in [6.07, 6.45) is 1.95. The van der Waals surface area contributed by atoms with Crippen molar-refractivity contribution in [2.24, 2.45) is 0 Å². The molecule has 6 heteroatoms. The molecule has 1 aliphatic rings. The fourth-order valence-electron chi connectivity index (χ4n) is 2.15. The van der Waals surface area contributed by atoms with Gasteiger partial charge < -0.3 is 15.4 Å². The average Bonchev–Trinajstić information content (AvgIpc) is 2.99. The van der Waals surface area contributed by atoms with Crippen molar-refractivity contribution in [1.82, 2.24) is 10.6 Å². The topological polar surface area (TPSA) is 67.4 Å². The van der Waals surface area contributed by atoms with Gasteiger partial charge in [0.2, 0.25) is 11.8 Å². The number of ether oxygens (including phenoxy) is 1. The summed E-state index contributed by atoms with van der Waals surface area (Å²) >= 11 is 0. The highest BCUT2D eigenvalue weighted by Gasteiger charge is 2.16. The number of halogens is 1. The van der Waals surface area contributed by atoms with Crippen LogP contribution in [-0.2, 0) is 20.7 Å². The molecular weight excluding hydrogens is 275 g/mol. The monoisotopic (exact) mass is 294 g/mol. The molecule has 2 N–H and O–H groups in total. The number of carbonyl (C=O) groups excluding carboxylic acids is 2. The van der Waals surface area contributed by atoms with Gasteiger partial charge in [-0.15, -0.1) is 0 Å². The normalized spacial score (nSPS) is 17.5. The van der Waals surface area contributed by atoms with E-state index in [0.29, 0.717) is 12.1 Å². The Balaban J connectivity index is 1.66. The summed E-state index contributed by atoms with van der Waals surface area (Å²) in [5, 5.41) is 5.18. The Bertz CT molecular complexity index is 501. The Morgan fingerprint density at radius 2 is 2.05 bits per heavy atom. The Morgan fingerprint density at radius 3 is 2.76 bits per heavy atom. The van der Waals surface area contributed by atoms with Crippen LogP contribution in [0.15, 0.2) is 24.3 Å². The van der Waals surface area contributed by atoms with E-state index in [2.05, 4.69) is 10.6 Å². The van der Waals surface area contributed by atoms with Gasteiger partial charge in [0.1, 0.15) is 5.82 Å². The molecule has 0 saturated carbocycles. The predicted molar refractivity (Wildman–Crippen MR) is 75.1 cm³/mol. The van der Waals surface area contributed by atoms with Crippen molar-refractivity contribution < 1.29 is 18.7 Å². The maximum atomic E-state index is 13.4. The molecule has 21 heavy (non-hydrogen) atoms. The van der Waals surface area contributed by atoms with Crippen LogP contribution in [0, 0.1) is 5.82 Å². The summed E-state index contributed by atoms with van der Waals surface area (Å²) in [5.41, 5.74) is 0.315. The van der Waals surface area contributed by atoms with Crippen molar-refractivity contribution in [3.8, 4) is 0 Å². The van der Waals surface area contributed by atoms with Gasteiger partial charge in [0.15, 0.2) is 0 Å². The zero-order chi connectivity index (χ0) is 15.1. The summed E-state index contributed by atoms with van der Waals surface area (Å²) in [6, 6.07) is 6.08. The van der Waals surface area contributed by atoms with E-state index in [4.69, 9.17) is 4.74 Å². The van der Waals surface area contributed by atoms with Crippen LogP contribution in [0.5, 0.6) is 0 Å². The molecule has 1 saturated heterocycles. The molecular formula is C15H19FN2O3. The summed E-state index contributed by atoms with van der Waals surface area (Å²) in [6.45, 7) is 1.09. The molecule has 1 aromatic carbocycles. The van der Waals surface area contributed by atoms with Crippen LogP contribution in [0.4, 0.5) is 4.39 Å². The summed E-state index contributed by atoms with van der Waals surface area (Å²) in [5.74, 6) is -1.07. The maximum absolute atomic E-state index is 13.4. The van der Waals surface area contributed by atoms with Gasteiger partial charge in [0, 0.05) is 13.2 Å². The second kappa shape index (κ2) is 7.73. The summed E-state index contributed by atoms with van der Waals surface area (Å²) < 4.78 is 18.7. The third-order valence-corrected chi connectivity index (χ3v) is 3.31. The number of hydrogen-bond acceptors (Lipinski definition) is 3. The molecule has 0 bridgehead atoms. The molecule has 0 aromatic heterocycles. The molecule has 0 spiro atoms. The molecule has 5 nitrogen and oxygen atoms in total. The van der Waals surface area contributed by atoms with Crippen molar-refractivity contribution in [1.29, 1.82) is 0 Å². The lowest BCUT2D eigenvalue weighted by Crippen LogP contribution is -2.40. The Labute approximate surface area is 122 Å². The fourth-order valence-corrected chi connectivity index (χ4v) is 2.15. The number of hydrogen-bond donors (Lipinski definition) is 2. The molecule has 114 valence electrons. The standard InChI is InChI=1S/C15H19FN2O3/c16-13-6-2-1-4-11(13)8-14(19)18-10-15(20)17-9-12-5-3-7-21-12/h1-2,4,6,12H,3,5,7-10H2,(H,17,20)(H,18,19). The van der Waals surface area contributed by atoms with Crippen LogP contribution in [0.25, 0.3) is 0 Å². The minimum Gasteiger partial charge on any atom is -0.376 e. The highest BCUT2D eigenvalue weighted by Crippen LogP contribution is 2.10. The number of amides is 2. The van der Waals surface area contributed by atoms with Gasteiger partial charge in [-0.05, 0) is 24.5 Å². The lowest BCUT2D eigenvalue weighted by atomic mass is 10.1. The molecule has 1 aliphatic heterocycles. The van der Waals surface area contributed by atoms with Crippen molar-refractivity contribution in [2.75, 3.05) is 19.7 Å². The first-order chi connectivity index (χ1) is 10.1. The Hall–Kier alpha value is -1.95. The molecule has 1 fully saturated rings. The van der Waals surface area contributed by atoms with Crippen LogP contribution >= 0.6 is 0 Å². The van der Waals surface area contributed by atoms with Crippen molar-refractivity contribution >= 4 is 11.8 Å². The first kappa shape index (κ1) is 15.4. The van der Waals surface area contributed by atoms with Crippen LogP contribution in [-0.4, -0.2) is 37.6 Å². The van der Waals surface area contributed by atoms with Crippen LogP contribution in [0.2, 0.25) is 0 Å². The largest absolute Gasteiger partial charge is 0.376 e.